The minimum atomic E-state index is -0.534. The van der Waals surface area contributed by atoms with Crippen molar-refractivity contribution >= 4 is 29.0 Å². The van der Waals surface area contributed by atoms with Crippen LogP contribution in [0.3, 0.4) is 0 Å². The molecule has 0 spiro atoms. The Morgan fingerprint density at radius 2 is 1.77 bits per heavy atom. The molecule has 3 aromatic rings. The second kappa shape index (κ2) is 10.0. The lowest BCUT2D eigenvalue weighted by Crippen LogP contribution is -2.37. The van der Waals surface area contributed by atoms with Gasteiger partial charge in [-0.05, 0) is 55.0 Å². The molecule has 0 radical (unpaired) electrons. The van der Waals surface area contributed by atoms with Gasteiger partial charge in [-0.15, -0.1) is 0 Å². The molecule has 3 rings (SSSR count). The molecule has 10 heteroatoms. The van der Waals surface area contributed by atoms with Crippen LogP contribution in [0.5, 0.6) is 0 Å². The molecule has 0 unspecified atom stereocenters. The van der Waals surface area contributed by atoms with Gasteiger partial charge >= 0.3 is 6.03 Å². The third-order valence-electron chi connectivity index (χ3n) is 4.30. The predicted octanol–water partition coefficient (Wildman–Crippen LogP) is 4.19. The van der Waals surface area contributed by atoms with Crippen LogP contribution in [0, 0.1) is 15.9 Å². The van der Waals surface area contributed by atoms with Gasteiger partial charge in [-0.1, -0.05) is 0 Å². The zero-order valence-corrected chi connectivity index (χ0v) is 16.3. The van der Waals surface area contributed by atoms with Crippen molar-refractivity contribution < 1.29 is 23.3 Å². The Morgan fingerprint density at radius 1 is 1.06 bits per heavy atom. The molecule has 9 nitrogen and oxygen atoms in total. The quantitative estimate of drug-likeness (QED) is 0.318. The van der Waals surface area contributed by atoms with Crippen molar-refractivity contribution in [3.63, 3.8) is 0 Å². The lowest BCUT2D eigenvalue weighted by Gasteiger charge is -2.23. The monoisotopic (exact) mass is 426 g/mol. The molecule has 0 aliphatic heterocycles. The van der Waals surface area contributed by atoms with E-state index in [-0.39, 0.29) is 30.4 Å². The van der Waals surface area contributed by atoms with Crippen LogP contribution in [-0.2, 0) is 0 Å². The number of furan rings is 1. The first-order valence-corrected chi connectivity index (χ1v) is 9.34. The third-order valence-corrected chi connectivity index (χ3v) is 4.30. The summed E-state index contributed by atoms with van der Waals surface area (Å²) in [5, 5.41) is 16.1. The Balaban J connectivity index is 1.64. The number of non-ortho nitro benzene ring substituents is 1. The van der Waals surface area contributed by atoms with E-state index in [2.05, 4.69) is 10.6 Å². The van der Waals surface area contributed by atoms with Crippen molar-refractivity contribution in [2.45, 2.75) is 6.42 Å². The van der Waals surface area contributed by atoms with Gasteiger partial charge < -0.3 is 15.1 Å². The van der Waals surface area contributed by atoms with Gasteiger partial charge in [0.05, 0.1) is 11.2 Å². The number of anilines is 2. The van der Waals surface area contributed by atoms with Gasteiger partial charge in [0, 0.05) is 36.6 Å². The van der Waals surface area contributed by atoms with E-state index in [9.17, 15) is 24.1 Å². The predicted molar refractivity (Wildman–Crippen MR) is 112 cm³/mol. The molecular weight excluding hydrogens is 407 g/mol. The zero-order valence-electron chi connectivity index (χ0n) is 16.3. The summed E-state index contributed by atoms with van der Waals surface area (Å²) < 4.78 is 18.3. The van der Waals surface area contributed by atoms with Crippen molar-refractivity contribution in [2.75, 3.05) is 23.3 Å². The first-order chi connectivity index (χ1) is 14.9. The first kappa shape index (κ1) is 21.5. The number of carbonyl (C=O) groups is 2. The highest BCUT2D eigenvalue weighted by atomic mass is 19.1. The molecule has 0 atom stereocenters. The molecule has 0 aliphatic carbocycles. The molecular formula is C21H19FN4O5. The van der Waals surface area contributed by atoms with Crippen LogP contribution >= 0.6 is 0 Å². The summed E-state index contributed by atoms with van der Waals surface area (Å²) in [6.07, 6.45) is 1.81. The number of amides is 3. The number of carbonyl (C=O) groups excluding carboxylic acids is 2. The number of nitrogens with one attached hydrogen (secondary N) is 2. The van der Waals surface area contributed by atoms with Gasteiger partial charge in [-0.25, -0.2) is 9.18 Å². The van der Waals surface area contributed by atoms with Gasteiger partial charge in [0.25, 0.3) is 11.6 Å². The van der Waals surface area contributed by atoms with Gasteiger partial charge in [-0.2, -0.15) is 0 Å². The van der Waals surface area contributed by atoms with Crippen molar-refractivity contribution in [3.05, 3.63) is 88.6 Å². The van der Waals surface area contributed by atoms with E-state index in [1.807, 2.05) is 0 Å². The average molecular weight is 426 g/mol. The fourth-order valence-electron chi connectivity index (χ4n) is 2.76. The van der Waals surface area contributed by atoms with E-state index in [1.165, 1.54) is 65.8 Å². The number of urea groups is 1. The van der Waals surface area contributed by atoms with Gasteiger partial charge in [0.15, 0.2) is 5.76 Å². The van der Waals surface area contributed by atoms with Crippen molar-refractivity contribution in [1.29, 1.82) is 0 Å². The van der Waals surface area contributed by atoms with E-state index in [4.69, 9.17) is 4.42 Å². The van der Waals surface area contributed by atoms with Crippen LogP contribution in [0.25, 0.3) is 0 Å². The van der Waals surface area contributed by atoms with Gasteiger partial charge in [0.1, 0.15) is 5.82 Å². The normalized spacial score (nSPS) is 10.4. The number of rotatable bonds is 8. The summed E-state index contributed by atoms with van der Waals surface area (Å²) in [7, 11) is 0. The fourth-order valence-corrected chi connectivity index (χ4v) is 2.76. The number of hydrogen-bond acceptors (Lipinski definition) is 5. The van der Waals surface area contributed by atoms with E-state index >= 15 is 0 Å². The van der Waals surface area contributed by atoms with E-state index in [1.54, 1.807) is 6.07 Å². The Hall–Kier alpha value is -4.21. The highest BCUT2D eigenvalue weighted by Gasteiger charge is 2.17. The maximum absolute atomic E-state index is 13.3. The lowest BCUT2D eigenvalue weighted by atomic mass is 10.2. The second-order valence-electron chi connectivity index (χ2n) is 6.45. The number of hydrogen-bond donors (Lipinski definition) is 2. The molecule has 0 aliphatic rings. The summed E-state index contributed by atoms with van der Waals surface area (Å²) in [4.78, 5) is 36.4. The smallest absolute Gasteiger partial charge is 0.326 e. The van der Waals surface area contributed by atoms with Crippen LogP contribution in [0.15, 0.2) is 71.3 Å². The summed E-state index contributed by atoms with van der Waals surface area (Å²) in [5.41, 5.74) is 0.729. The molecule has 3 amide bonds. The van der Waals surface area contributed by atoms with E-state index < -0.39 is 16.8 Å². The van der Waals surface area contributed by atoms with Gasteiger partial charge in [-0.3, -0.25) is 19.8 Å². The highest BCUT2D eigenvalue weighted by Crippen LogP contribution is 2.19. The second-order valence-corrected chi connectivity index (χ2v) is 6.45. The molecule has 0 saturated carbocycles. The third kappa shape index (κ3) is 5.89. The topological polar surface area (TPSA) is 118 Å². The molecule has 0 bridgehead atoms. The summed E-state index contributed by atoms with van der Waals surface area (Å²) in [6.45, 7) is 0.505. The molecule has 160 valence electrons. The summed E-state index contributed by atoms with van der Waals surface area (Å²) >= 11 is 0. The number of nitro groups is 1. The number of nitro benzene ring substituents is 1. The highest BCUT2D eigenvalue weighted by molar-refractivity contribution is 6.01. The summed E-state index contributed by atoms with van der Waals surface area (Å²) in [5.74, 6) is -0.620. The zero-order chi connectivity index (χ0) is 22.2. The SMILES string of the molecule is O=C(NCCCN(C(=O)Nc1ccc([N+](=O)[O-])cc1)c1ccc(F)cc1)c1ccco1. The molecule has 0 saturated heterocycles. The Bertz CT molecular complexity index is 1040. The van der Waals surface area contributed by atoms with Crippen LogP contribution in [-0.4, -0.2) is 30.0 Å². The Labute approximate surface area is 176 Å². The van der Waals surface area contributed by atoms with E-state index in [0.717, 1.165) is 0 Å². The molecule has 1 heterocycles. The van der Waals surface area contributed by atoms with Crippen molar-refractivity contribution in [3.8, 4) is 0 Å². The van der Waals surface area contributed by atoms with Crippen LogP contribution in [0.2, 0.25) is 0 Å². The van der Waals surface area contributed by atoms with Gasteiger partial charge in [0.2, 0.25) is 0 Å². The van der Waals surface area contributed by atoms with Crippen LogP contribution in [0.1, 0.15) is 17.0 Å². The lowest BCUT2D eigenvalue weighted by molar-refractivity contribution is -0.384. The minimum absolute atomic E-state index is 0.0966. The molecule has 31 heavy (non-hydrogen) atoms. The first-order valence-electron chi connectivity index (χ1n) is 9.34. The van der Waals surface area contributed by atoms with Crippen LogP contribution < -0.4 is 15.5 Å². The Morgan fingerprint density at radius 3 is 2.39 bits per heavy atom. The van der Waals surface area contributed by atoms with Crippen molar-refractivity contribution in [2.24, 2.45) is 0 Å². The standard InChI is InChI=1S/C21H19FN4O5/c22-15-4-8-17(9-5-15)25(13-2-12-23-20(27)19-3-1-14-31-19)21(28)24-16-6-10-18(11-7-16)26(29)30/h1,3-11,14H,2,12-13H2,(H,23,27)(H,24,28). The molecule has 2 aromatic carbocycles. The largest absolute Gasteiger partial charge is 0.459 e. The average Bonchev–Trinajstić information content (AvgIpc) is 3.30. The molecule has 0 fully saturated rings. The van der Waals surface area contributed by atoms with Crippen LogP contribution in [0.4, 0.5) is 26.2 Å². The number of benzene rings is 2. The van der Waals surface area contributed by atoms with Crippen molar-refractivity contribution in [1.82, 2.24) is 5.32 Å². The fraction of sp³-hybridized carbons (Fsp3) is 0.143. The Kier molecular flexibility index (Phi) is 6.94. The molecule has 1 aromatic heterocycles. The number of nitrogens with zero attached hydrogens (tertiary/aromatic N) is 2. The minimum Gasteiger partial charge on any atom is -0.459 e. The number of halogens is 1. The maximum atomic E-state index is 13.3. The summed E-state index contributed by atoms with van der Waals surface area (Å²) in [6, 6.07) is 13.4. The maximum Gasteiger partial charge on any atom is 0.326 e. The van der Waals surface area contributed by atoms with E-state index in [0.29, 0.717) is 17.8 Å². The molecule has 2 N–H and O–H groups in total.